The fourth-order valence-electron chi connectivity index (χ4n) is 0.992. The molecule has 0 saturated heterocycles. The first kappa shape index (κ1) is 13.2. The number of hydrogen-bond donors (Lipinski definition) is 0. The molecule has 0 aliphatic heterocycles. The van der Waals surface area contributed by atoms with E-state index in [4.69, 9.17) is 46.4 Å². The first-order valence-corrected chi connectivity index (χ1v) is 5.90. The number of halogens is 4. The summed E-state index contributed by atoms with van der Waals surface area (Å²) in [6.45, 7) is 2.15. The van der Waals surface area contributed by atoms with Crippen molar-refractivity contribution in [1.29, 1.82) is 0 Å². The van der Waals surface area contributed by atoms with E-state index < -0.39 is 9.67 Å². The molecule has 0 aliphatic rings. The van der Waals surface area contributed by atoms with Gasteiger partial charge in [0.15, 0.2) is 0 Å². The smallest absolute Gasteiger partial charge is 0.105 e. The second-order valence-corrected chi connectivity index (χ2v) is 5.16. The van der Waals surface area contributed by atoms with Gasteiger partial charge in [0.2, 0.25) is 0 Å². The SMILES string of the molecule is CCCCCC(C(Cl)Cl)C(Cl)Cl. The van der Waals surface area contributed by atoms with Gasteiger partial charge in [0, 0.05) is 5.92 Å². The molecule has 0 unspecified atom stereocenters. The third kappa shape index (κ3) is 5.75. The highest BCUT2D eigenvalue weighted by molar-refractivity contribution is 6.48. The molecule has 0 bridgehead atoms. The molecule has 0 nitrogen and oxygen atoms in total. The van der Waals surface area contributed by atoms with Gasteiger partial charge in [0.05, 0.1) is 0 Å². The summed E-state index contributed by atoms with van der Waals surface area (Å²) in [4.78, 5) is -0.913. The lowest BCUT2D eigenvalue weighted by atomic mass is 10.1. The molecule has 0 atom stereocenters. The van der Waals surface area contributed by atoms with Crippen LogP contribution in [0.4, 0.5) is 0 Å². The van der Waals surface area contributed by atoms with Crippen LogP contribution in [0.15, 0.2) is 0 Å². The van der Waals surface area contributed by atoms with Crippen LogP contribution < -0.4 is 0 Å². The molecule has 0 rings (SSSR count). The van der Waals surface area contributed by atoms with E-state index in [9.17, 15) is 0 Å². The van der Waals surface area contributed by atoms with Crippen LogP contribution in [0.3, 0.4) is 0 Å². The fourth-order valence-corrected chi connectivity index (χ4v) is 2.38. The van der Waals surface area contributed by atoms with E-state index in [0.29, 0.717) is 0 Å². The molecular formula is C8H14Cl4. The highest BCUT2D eigenvalue weighted by atomic mass is 35.5. The van der Waals surface area contributed by atoms with Crippen LogP contribution in [-0.4, -0.2) is 9.67 Å². The minimum Gasteiger partial charge on any atom is -0.105 e. The molecule has 12 heavy (non-hydrogen) atoms. The van der Waals surface area contributed by atoms with Crippen molar-refractivity contribution in [2.45, 2.75) is 42.3 Å². The second-order valence-electron chi connectivity index (χ2n) is 2.83. The molecule has 0 aromatic rings. The van der Waals surface area contributed by atoms with E-state index in [1.807, 2.05) is 0 Å². The third-order valence-corrected chi connectivity index (χ3v) is 3.08. The molecule has 0 N–H and O–H groups in total. The normalized spacial score (nSPS) is 12.0. The number of alkyl halides is 4. The van der Waals surface area contributed by atoms with Gasteiger partial charge < -0.3 is 0 Å². The predicted octanol–water partition coefficient (Wildman–Crippen LogP) is 4.79. The Bertz CT molecular complexity index is 95.2. The Kier molecular flexibility index (Phi) is 8.28. The van der Waals surface area contributed by atoms with E-state index >= 15 is 0 Å². The van der Waals surface area contributed by atoms with Crippen molar-refractivity contribution >= 4 is 46.4 Å². The van der Waals surface area contributed by atoms with Crippen molar-refractivity contribution in [1.82, 2.24) is 0 Å². The first-order valence-electron chi connectivity index (χ1n) is 4.15. The maximum atomic E-state index is 5.71. The average molecular weight is 252 g/mol. The van der Waals surface area contributed by atoms with Crippen LogP contribution in [0.1, 0.15) is 32.6 Å². The van der Waals surface area contributed by atoms with E-state index in [0.717, 1.165) is 12.8 Å². The molecular weight excluding hydrogens is 238 g/mol. The van der Waals surface area contributed by atoms with Gasteiger partial charge in [-0.05, 0) is 6.42 Å². The Morgan fingerprint density at radius 2 is 1.42 bits per heavy atom. The van der Waals surface area contributed by atoms with Gasteiger partial charge >= 0.3 is 0 Å². The van der Waals surface area contributed by atoms with Crippen molar-refractivity contribution in [3.63, 3.8) is 0 Å². The highest BCUT2D eigenvalue weighted by Crippen LogP contribution is 2.29. The van der Waals surface area contributed by atoms with Gasteiger partial charge in [-0.25, -0.2) is 0 Å². The standard InChI is InChI=1S/C8H14Cl4/c1-2-3-4-5-6(7(9)10)8(11)12/h6-8H,2-5H2,1H3. The van der Waals surface area contributed by atoms with Crippen LogP contribution >= 0.6 is 46.4 Å². The van der Waals surface area contributed by atoms with Crippen LogP contribution in [0.5, 0.6) is 0 Å². The van der Waals surface area contributed by atoms with Crippen molar-refractivity contribution in [2.24, 2.45) is 5.92 Å². The summed E-state index contributed by atoms with van der Waals surface area (Å²) < 4.78 is 0. The number of hydrogen-bond acceptors (Lipinski definition) is 0. The molecule has 0 amide bonds. The maximum absolute atomic E-state index is 5.71. The third-order valence-electron chi connectivity index (χ3n) is 1.79. The summed E-state index contributed by atoms with van der Waals surface area (Å²) in [6, 6.07) is 0. The van der Waals surface area contributed by atoms with E-state index in [1.54, 1.807) is 0 Å². The number of rotatable bonds is 6. The van der Waals surface area contributed by atoms with Crippen molar-refractivity contribution < 1.29 is 0 Å². The van der Waals surface area contributed by atoms with E-state index in [2.05, 4.69) is 6.92 Å². The van der Waals surface area contributed by atoms with E-state index in [1.165, 1.54) is 12.8 Å². The summed E-state index contributed by atoms with van der Waals surface area (Å²) in [7, 11) is 0. The molecule has 4 heteroatoms. The second kappa shape index (κ2) is 7.55. The topological polar surface area (TPSA) is 0 Å². The summed E-state index contributed by atoms with van der Waals surface area (Å²) in [5, 5.41) is 0. The highest BCUT2D eigenvalue weighted by Gasteiger charge is 2.23. The molecule has 0 saturated carbocycles. The zero-order chi connectivity index (χ0) is 9.56. The summed E-state index contributed by atoms with van der Waals surface area (Å²) in [6.07, 6.45) is 4.35. The molecule has 0 fully saturated rings. The van der Waals surface area contributed by atoms with Gasteiger partial charge in [-0.1, -0.05) is 26.2 Å². The summed E-state index contributed by atoms with van der Waals surface area (Å²) >= 11 is 22.9. The van der Waals surface area contributed by atoms with Gasteiger partial charge in [0.25, 0.3) is 0 Å². The molecule has 0 aliphatic carbocycles. The molecule has 0 aromatic carbocycles. The Hall–Kier alpha value is 1.16. The lowest BCUT2D eigenvalue weighted by molar-refractivity contribution is 0.510. The summed E-state index contributed by atoms with van der Waals surface area (Å²) in [5.74, 6) is 0.00298. The fraction of sp³-hybridized carbons (Fsp3) is 1.00. The molecule has 0 aromatic heterocycles. The molecule has 0 radical (unpaired) electrons. The van der Waals surface area contributed by atoms with Crippen LogP contribution in [-0.2, 0) is 0 Å². The molecule has 74 valence electrons. The summed E-state index contributed by atoms with van der Waals surface area (Å²) in [5.41, 5.74) is 0. The van der Waals surface area contributed by atoms with Crippen LogP contribution in [0, 0.1) is 5.92 Å². The van der Waals surface area contributed by atoms with Crippen LogP contribution in [0.2, 0.25) is 0 Å². The quantitative estimate of drug-likeness (QED) is 0.470. The van der Waals surface area contributed by atoms with E-state index in [-0.39, 0.29) is 5.92 Å². The Morgan fingerprint density at radius 1 is 0.917 bits per heavy atom. The minimum atomic E-state index is -0.457. The maximum Gasteiger partial charge on any atom is 0.113 e. The zero-order valence-corrected chi connectivity index (χ0v) is 10.1. The van der Waals surface area contributed by atoms with Gasteiger partial charge in [-0.2, -0.15) is 0 Å². The minimum absolute atomic E-state index is 0.00298. The average Bonchev–Trinajstić information content (AvgIpc) is 1.96. The molecule has 0 heterocycles. The molecule has 0 spiro atoms. The van der Waals surface area contributed by atoms with Crippen molar-refractivity contribution in [3.8, 4) is 0 Å². The largest absolute Gasteiger partial charge is 0.113 e. The van der Waals surface area contributed by atoms with Gasteiger partial charge in [0.1, 0.15) is 9.67 Å². The monoisotopic (exact) mass is 250 g/mol. The van der Waals surface area contributed by atoms with Crippen LogP contribution in [0.25, 0.3) is 0 Å². The zero-order valence-electron chi connectivity index (χ0n) is 7.07. The number of unbranched alkanes of at least 4 members (excludes halogenated alkanes) is 2. The lowest BCUT2D eigenvalue weighted by Crippen LogP contribution is -2.16. The lowest BCUT2D eigenvalue weighted by Gasteiger charge is -2.18. The Labute approximate surface area is 94.5 Å². The van der Waals surface area contributed by atoms with Crippen molar-refractivity contribution in [3.05, 3.63) is 0 Å². The Morgan fingerprint density at radius 3 is 1.75 bits per heavy atom. The first-order chi connectivity index (χ1) is 5.59. The van der Waals surface area contributed by atoms with Gasteiger partial charge in [-0.15, -0.1) is 46.4 Å². The van der Waals surface area contributed by atoms with Crippen molar-refractivity contribution in [2.75, 3.05) is 0 Å². The Balaban J connectivity index is 3.64. The van der Waals surface area contributed by atoms with Gasteiger partial charge in [-0.3, -0.25) is 0 Å². The predicted molar refractivity (Wildman–Crippen MR) is 58.6 cm³/mol.